The van der Waals surface area contributed by atoms with E-state index in [1.54, 1.807) is 15.6 Å². The number of amides is 1. The molecule has 4 rings (SSSR count). The van der Waals surface area contributed by atoms with Crippen LogP contribution in [-0.2, 0) is 14.1 Å². The van der Waals surface area contributed by atoms with Crippen LogP contribution in [0.5, 0.6) is 0 Å². The fourth-order valence-corrected chi connectivity index (χ4v) is 3.92. The average molecular weight is 342 g/mol. The summed E-state index contributed by atoms with van der Waals surface area (Å²) in [4.78, 5) is 19.3. The molecule has 124 valence electrons. The van der Waals surface area contributed by atoms with Crippen molar-refractivity contribution in [3.05, 3.63) is 41.4 Å². The lowest BCUT2D eigenvalue weighted by Gasteiger charge is -2.22. The van der Waals surface area contributed by atoms with E-state index in [1.165, 1.54) is 11.3 Å². The predicted molar refractivity (Wildman–Crippen MR) is 90.5 cm³/mol. The van der Waals surface area contributed by atoms with E-state index in [2.05, 4.69) is 15.2 Å². The fourth-order valence-electron chi connectivity index (χ4n) is 3.15. The number of rotatable bonds is 3. The highest BCUT2D eigenvalue weighted by atomic mass is 32.1. The zero-order valence-electron chi connectivity index (χ0n) is 13.6. The average Bonchev–Trinajstić information content (AvgIpc) is 3.33. The van der Waals surface area contributed by atoms with Gasteiger partial charge in [-0.1, -0.05) is 0 Å². The molecule has 8 heteroatoms. The quantitative estimate of drug-likeness (QED) is 0.732. The van der Waals surface area contributed by atoms with E-state index >= 15 is 0 Å². The molecule has 1 fully saturated rings. The van der Waals surface area contributed by atoms with Gasteiger partial charge in [0.15, 0.2) is 0 Å². The molecule has 24 heavy (non-hydrogen) atoms. The first-order valence-electron chi connectivity index (χ1n) is 7.86. The van der Waals surface area contributed by atoms with Crippen LogP contribution in [0, 0.1) is 0 Å². The summed E-state index contributed by atoms with van der Waals surface area (Å²) < 4.78 is 3.51. The van der Waals surface area contributed by atoms with Crippen molar-refractivity contribution in [2.75, 3.05) is 6.54 Å². The van der Waals surface area contributed by atoms with Crippen LogP contribution in [0.1, 0.15) is 34.9 Å². The monoisotopic (exact) mass is 342 g/mol. The Morgan fingerprint density at radius 1 is 1.21 bits per heavy atom. The molecule has 1 atom stereocenters. The second-order valence-corrected chi connectivity index (χ2v) is 6.90. The van der Waals surface area contributed by atoms with E-state index < -0.39 is 0 Å². The number of carbonyl (C=O) groups excluding carboxylic acids is 1. The number of carbonyl (C=O) groups is 1. The molecule has 0 spiro atoms. The van der Waals surface area contributed by atoms with E-state index in [0.717, 1.165) is 35.5 Å². The Bertz CT molecular complexity index is 879. The first kappa shape index (κ1) is 15.1. The molecule has 1 aliphatic rings. The third-order valence-electron chi connectivity index (χ3n) is 4.30. The molecule has 1 saturated heterocycles. The van der Waals surface area contributed by atoms with Gasteiger partial charge in [0.25, 0.3) is 5.91 Å². The molecule has 0 saturated carbocycles. The molecule has 3 aromatic rings. The van der Waals surface area contributed by atoms with Gasteiger partial charge in [0.05, 0.1) is 18.4 Å². The van der Waals surface area contributed by atoms with E-state index in [4.69, 9.17) is 0 Å². The summed E-state index contributed by atoms with van der Waals surface area (Å²) in [7, 11) is 3.76. The minimum absolute atomic E-state index is 0.00672. The first-order chi connectivity index (χ1) is 11.6. The largest absolute Gasteiger partial charge is 0.330 e. The van der Waals surface area contributed by atoms with Gasteiger partial charge < -0.3 is 4.90 Å². The van der Waals surface area contributed by atoms with Crippen LogP contribution in [0.25, 0.3) is 10.6 Å². The van der Waals surface area contributed by atoms with E-state index in [1.807, 2.05) is 43.0 Å². The maximum atomic E-state index is 12.9. The molecule has 0 aliphatic carbocycles. The molecule has 3 aromatic heterocycles. The standard InChI is InChI=1S/C16H18N6OS/c1-20-8-11(6-17-20)14-4-3-5-22(14)16(23)13-10-24-15(19-13)12-7-18-21(2)9-12/h6-10,14H,3-5H2,1-2H3/t14-/m0/s1. The van der Waals surface area contributed by atoms with Gasteiger partial charge in [-0.05, 0) is 12.8 Å². The molecule has 7 nitrogen and oxygen atoms in total. The molecule has 0 radical (unpaired) electrons. The summed E-state index contributed by atoms with van der Waals surface area (Å²) in [5, 5.41) is 11.0. The topological polar surface area (TPSA) is 68.8 Å². The Balaban J connectivity index is 1.58. The molecule has 0 aromatic carbocycles. The highest BCUT2D eigenvalue weighted by Crippen LogP contribution is 2.33. The lowest BCUT2D eigenvalue weighted by Crippen LogP contribution is -2.30. The summed E-state index contributed by atoms with van der Waals surface area (Å²) in [5.41, 5.74) is 2.53. The lowest BCUT2D eigenvalue weighted by atomic mass is 10.1. The first-order valence-corrected chi connectivity index (χ1v) is 8.74. The van der Waals surface area contributed by atoms with Crippen LogP contribution in [0.2, 0.25) is 0 Å². The van der Waals surface area contributed by atoms with E-state index in [9.17, 15) is 4.79 Å². The fraction of sp³-hybridized carbons (Fsp3) is 0.375. The summed E-state index contributed by atoms with van der Waals surface area (Å²) in [5.74, 6) is -0.00672. The maximum absolute atomic E-state index is 12.9. The molecule has 1 aliphatic heterocycles. The number of hydrogen-bond acceptors (Lipinski definition) is 5. The normalized spacial score (nSPS) is 17.6. The Morgan fingerprint density at radius 3 is 2.71 bits per heavy atom. The van der Waals surface area contributed by atoms with Gasteiger partial charge in [0.2, 0.25) is 0 Å². The maximum Gasteiger partial charge on any atom is 0.273 e. The van der Waals surface area contributed by atoms with Crippen molar-refractivity contribution < 1.29 is 4.79 Å². The molecule has 4 heterocycles. The number of nitrogens with zero attached hydrogens (tertiary/aromatic N) is 6. The van der Waals surface area contributed by atoms with Gasteiger partial charge >= 0.3 is 0 Å². The summed E-state index contributed by atoms with van der Waals surface area (Å²) in [6.45, 7) is 0.762. The Labute approximate surface area is 143 Å². The highest BCUT2D eigenvalue weighted by Gasteiger charge is 2.32. The van der Waals surface area contributed by atoms with Crippen LogP contribution in [0.15, 0.2) is 30.2 Å². The van der Waals surface area contributed by atoms with Crippen molar-refractivity contribution in [1.29, 1.82) is 0 Å². The smallest absolute Gasteiger partial charge is 0.273 e. The Hall–Kier alpha value is -2.48. The molecule has 1 amide bonds. The van der Waals surface area contributed by atoms with Crippen molar-refractivity contribution in [2.24, 2.45) is 14.1 Å². The molecular formula is C16H18N6OS. The van der Waals surface area contributed by atoms with E-state index in [0.29, 0.717) is 5.69 Å². The van der Waals surface area contributed by atoms with Gasteiger partial charge in [-0.15, -0.1) is 11.3 Å². The van der Waals surface area contributed by atoms with Crippen LogP contribution in [0.4, 0.5) is 0 Å². The lowest BCUT2D eigenvalue weighted by molar-refractivity contribution is 0.0730. The Morgan fingerprint density at radius 2 is 2.00 bits per heavy atom. The molecular weight excluding hydrogens is 324 g/mol. The van der Waals surface area contributed by atoms with Gasteiger partial charge in [-0.3, -0.25) is 14.2 Å². The SMILES string of the molecule is Cn1cc(-c2nc(C(=O)N3CCC[C@H]3c3cnn(C)c3)cs2)cn1. The second kappa shape index (κ2) is 5.86. The predicted octanol–water partition coefficient (Wildman–Crippen LogP) is 2.25. The van der Waals surface area contributed by atoms with E-state index in [-0.39, 0.29) is 11.9 Å². The number of thiazole rings is 1. The molecule has 0 unspecified atom stereocenters. The van der Waals surface area contributed by atoms with Crippen molar-refractivity contribution >= 4 is 17.2 Å². The second-order valence-electron chi connectivity index (χ2n) is 6.04. The number of hydrogen-bond donors (Lipinski definition) is 0. The summed E-state index contributed by atoms with van der Waals surface area (Å²) in [6.07, 6.45) is 9.47. The van der Waals surface area contributed by atoms with Crippen molar-refractivity contribution in [3.8, 4) is 10.6 Å². The zero-order chi connectivity index (χ0) is 16.7. The minimum atomic E-state index is -0.00672. The number of likely N-dealkylation sites (tertiary alicyclic amines) is 1. The van der Waals surface area contributed by atoms with Crippen molar-refractivity contribution in [3.63, 3.8) is 0 Å². The minimum Gasteiger partial charge on any atom is -0.330 e. The third kappa shape index (κ3) is 2.62. The van der Waals surface area contributed by atoms with Crippen LogP contribution >= 0.6 is 11.3 Å². The van der Waals surface area contributed by atoms with Crippen LogP contribution < -0.4 is 0 Å². The van der Waals surface area contributed by atoms with Gasteiger partial charge in [0, 0.05) is 49.5 Å². The van der Waals surface area contributed by atoms with Crippen LogP contribution in [-0.4, -0.2) is 41.9 Å². The third-order valence-corrected chi connectivity index (χ3v) is 5.19. The van der Waals surface area contributed by atoms with Crippen molar-refractivity contribution in [1.82, 2.24) is 29.4 Å². The highest BCUT2D eigenvalue weighted by molar-refractivity contribution is 7.13. The number of aryl methyl sites for hydroxylation is 2. The summed E-state index contributed by atoms with van der Waals surface area (Å²) in [6, 6.07) is 0.0924. The number of aromatic nitrogens is 5. The zero-order valence-corrected chi connectivity index (χ0v) is 14.4. The Kier molecular flexibility index (Phi) is 3.68. The van der Waals surface area contributed by atoms with Gasteiger partial charge in [-0.2, -0.15) is 10.2 Å². The van der Waals surface area contributed by atoms with Crippen LogP contribution in [0.3, 0.4) is 0 Å². The molecule has 0 bridgehead atoms. The van der Waals surface area contributed by atoms with Gasteiger partial charge in [0.1, 0.15) is 10.7 Å². The molecule has 0 N–H and O–H groups in total. The van der Waals surface area contributed by atoms with Gasteiger partial charge in [-0.25, -0.2) is 4.98 Å². The summed E-state index contributed by atoms with van der Waals surface area (Å²) >= 11 is 1.48. The van der Waals surface area contributed by atoms with Crippen molar-refractivity contribution in [2.45, 2.75) is 18.9 Å².